The molecule has 144 valence electrons. The summed E-state index contributed by atoms with van der Waals surface area (Å²) in [4.78, 5) is 23.6. The number of rotatable bonds is 5. The van der Waals surface area contributed by atoms with Gasteiger partial charge in [-0.2, -0.15) is 0 Å². The molecule has 1 saturated heterocycles. The van der Waals surface area contributed by atoms with Gasteiger partial charge in [0.1, 0.15) is 11.6 Å². The number of aliphatic carboxylic acids is 1. The predicted octanol–water partition coefficient (Wildman–Crippen LogP) is 3.55. The predicted molar refractivity (Wildman–Crippen MR) is 108 cm³/mol. The number of hydrogen-bond acceptors (Lipinski definition) is 5. The highest BCUT2D eigenvalue weighted by Gasteiger charge is 2.43. The average molecular weight is 377 g/mol. The van der Waals surface area contributed by atoms with Gasteiger partial charge in [0.05, 0.1) is 29.8 Å². The van der Waals surface area contributed by atoms with Crippen molar-refractivity contribution in [2.75, 3.05) is 25.1 Å². The number of para-hydroxylation sites is 2. The van der Waals surface area contributed by atoms with Crippen molar-refractivity contribution in [3.8, 4) is 5.75 Å². The van der Waals surface area contributed by atoms with Crippen molar-refractivity contribution in [3.63, 3.8) is 0 Å². The second kappa shape index (κ2) is 7.46. The van der Waals surface area contributed by atoms with E-state index in [9.17, 15) is 9.90 Å². The van der Waals surface area contributed by atoms with Crippen LogP contribution >= 0.6 is 0 Å². The zero-order chi connectivity index (χ0) is 19.6. The van der Waals surface area contributed by atoms with Gasteiger partial charge in [0, 0.05) is 13.1 Å². The first-order valence-corrected chi connectivity index (χ1v) is 9.43. The lowest BCUT2D eigenvalue weighted by Gasteiger charge is -2.40. The van der Waals surface area contributed by atoms with Crippen molar-refractivity contribution in [2.24, 2.45) is 5.41 Å². The first-order valence-electron chi connectivity index (χ1n) is 9.43. The van der Waals surface area contributed by atoms with Crippen LogP contribution in [0.4, 0.5) is 5.82 Å². The summed E-state index contributed by atoms with van der Waals surface area (Å²) in [5.74, 6) is 0.703. The number of piperidine rings is 1. The smallest absolute Gasteiger partial charge is 0.311 e. The Morgan fingerprint density at radius 1 is 1.21 bits per heavy atom. The van der Waals surface area contributed by atoms with E-state index in [4.69, 9.17) is 9.72 Å². The number of ether oxygens (including phenoxy) is 1. The number of benzene rings is 2. The minimum atomic E-state index is -0.863. The van der Waals surface area contributed by atoms with Crippen LogP contribution in [0, 0.1) is 5.41 Å². The number of carboxylic acid groups (broad SMARTS) is 1. The summed E-state index contributed by atoms with van der Waals surface area (Å²) in [7, 11) is 1.62. The minimum Gasteiger partial charge on any atom is -0.497 e. The van der Waals surface area contributed by atoms with Gasteiger partial charge in [-0.25, -0.2) is 4.98 Å². The van der Waals surface area contributed by atoms with Gasteiger partial charge in [-0.05, 0) is 49.1 Å². The van der Waals surface area contributed by atoms with Gasteiger partial charge >= 0.3 is 5.97 Å². The molecular weight excluding hydrogens is 354 g/mol. The molecule has 0 unspecified atom stereocenters. The summed E-state index contributed by atoms with van der Waals surface area (Å²) in [6.07, 6.45) is 3.63. The molecule has 2 aromatic carbocycles. The second-order valence-corrected chi connectivity index (χ2v) is 7.36. The van der Waals surface area contributed by atoms with Crippen LogP contribution in [-0.2, 0) is 11.2 Å². The van der Waals surface area contributed by atoms with Crippen LogP contribution < -0.4 is 9.64 Å². The van der Waals surface area contributed by atoms with Crippen LogP contribution in [0.15, 0.2) is 54.7 Å². The Kier molecular flexibility index (Phi) is 4.86. The van der Waals surface area contributed by atoms with Crippen molar-refractivity contribution >= 4 is 22.8 Å². The number of carboxylic acids is 1. The highest BCUT2D eigenvalue weighted by Crippen LogP contribution is 2.36. The lowest BCUT2D eigenvalue weighted by Crippen LogP contribution is -2.49. The number of aromatic nitrogens is 2. The van der Waals surface area contributed by atoms with Gasteiger partial charge in [0.2, 0.25) is 0 Å². The average Bonchev–Trinajstić information content (AvgIpc) is 2.73. The molecular formula is C22H23N3O3. The van der Waals surface area contributed by atoms with E-state index < -0.39 is 11.4 Å². The molecule has 0 bridgehead atoms. The highest BCUT2D eigenvalue weighted by molar-refractivity contribution is 5.78. The van der Waals surface area contributed by atoms with Crippen molar-refractivity contribution in [1.29, 1.82) is 0 Å². The summed E-state index contributed by atoms with van der Waals surface area (Å²) in [5.41, 5.74) is 1.76. The maximum absolute atomic E-state index is 12.3. The van der Waals surface area contributed by atoms with Crippen LogP contribution in [0.1, 0.15) is 18.4 Å². The topological polar surface area (TPSA) is 75.6 Å². The normalized spacial score (nSPS) is 19.5. The van der Waals surface area contributed by atoms with E-state index >= 15 is 0 Å². The first-order chi connectivity index (χ1) is 13.6. The largest absolute Gasteiger partial charge is 0.497 e. The molecule has 0 amide bonds. The summed E-state index contributed by atoms with van der Waals surface area (Å²) in [5, 5.41) is 10.1. The molecule has 6 heteroatoms. The highest BCUT2D eigenvalue weighted by atomic mass is 16.5. The number of methoxy groups -OCH3 is 1. The lowest BCUT2D eigenvalue weighted by molar-refractivity contribution is -0.149. The Bertz CT molecular complexity index is 1010. The molecule has 1 aliphatic heterocycles. The van der Waals surface area contributed by atoms with E-state index in [1.165, 1.54) is 0 Å². The molecule has 4 rings (SSSR count). The second-order valence-electron chi connectivity index (χ2n) is 7.36. The van der Waals surface area contributed by atoms with Crippen LogP contribution in [0.25, 0.3) is 11.0 Å². The van der Waals surface area contributed by atoms with Crippen LogP contribution in [-0.4, -0.2) is 41.2 Å². The summed E-state index contributed by atoms with van der Waals surface area (Å²) >= 11 is 0. The van der Waals surface area contributed by atoms with Gasteiger partial charge < -0.3 is 14.7 Å². The monoisotopic (exact) mass is 377 g/mol. The van der Waals surface area contributed by atoms with Gasteiger partial charge in [0.25, 0.3) is 0 Å². The van der Waals surface area contributed by atoms with Crippen LogP contribution in [0.5, 0.6) is 5.75 Å². The summed E-state index contributed by atoms with van der Waals surface area (Å²) in [6.45, 7) is 1.19. The molecule has 0 spiro atoms. The zero-order valence-electron chi connectivity index (χ0n) is 15.8. The van der Waals surface area contributed by atoms with Crippen molar-refractivity contribution in [1.82, 2.24) is 9.97 Å². The Balaban J connectivity index is 1.63. The standard InChI is InChI=1S/C22H23N3O3/c1-28-17-7-4-6-16(12-17)13-22(21(26)27)10-5-11-25(15-22)20-14-23-18-8-2-3-9-19(18)24-20/h2-4,6-9,12,14H,5,10-11,13,15H2,1H3,(H,26,27)/t22-/m1/s1. The van der Waals surface area contributed by atoms with E-state index in [2.05, 4.69) is 9.88 Å². The number of anilines is 1. The summed E-state index contributed by atoms with van der Waals surface area (Å²) < 4.78 is 5.29. The van der Waals surface area contributed by atoms with Gasteiger partial charge in [-0.1, -0.05) is 24.3 Å². The fourth-order valence-electron chi connectivity index (χ4n) is 3.99. The quantitative estimate of drug-likeness (QED) is 0.733. The number of nitrogens with zero attached hydrogens (tertiary/aromatic N) is 3. The third-order valence-corrected chi connectivity index (χ3v) is 5.47. The Labute approximate surface area is 163 Å². The number of hydrogen-bond donors (Lipinski definition) is 1. The molecule has 1 aliphatic rings. The lowest BCUT2D eigenvalue weighted by atomic mass is 9.75. The number of carbonyl (C=O) groups is 1. The molecule has 1 N–H and O–H groups in total. The van der Waals surface area contributed by atoms with Gasteiger partial charge in [-0.3, -0.25) is 9.78 Å². The molecule has 1 aromatic heterocycles. The number of fused-ring (bicyclic) bond motifs is 1. The maximum atomic E-state index is 12.3. The van der Waals surface area contributed by atoms with E-state index in [-0.39, 0.29) is 0 Å². The van der Waals surface area contributed by atoms with E-state index in [1.54, 1.807) is 13.3 Å². The molecule has 3 aromatic rings. The van der Waals surface area contributed by atoms with Gasteiger partial charge in [0.15, 0.2) is 0 Å². The SMILES string of the molecule is COc1cccc(C[C@]2(C(=O)O)CCCN(c3cnc4ccccc4n3)C2)c1. The van der Waals surface area contributed by atoms with E-state index in [0.717, 1.165) is 41.1 Å². The minimum absolute atomic E-state index is 0.409. The third-order valence-electron chi connectivity index (χ3n) is 5.47. The van der Waals surface area contributed by atoms with E-state index in [1.807, 2.05) is 48.5 Å². The van der Waals surface area contributed by atoms with E-state index in [0.29, 0.717) is 19.4 Å². The fraction of sp³-hybridized carbons (Fsp3) is 0.318. The zero-order valence-corrected chi connectivity index (χ0v) is 15.8. The molecule has 1 fully saturated rings. The molecule has 0 aliphatic carbocycles. The maximum Gasteiger partial charge on any atom is 0.311 e. The fourth-order valence-corrected chi connectivity index (χ4v) is 3.99. The third kappa shape index (κ3) is 3.50. The Morgan fingerprint density at radius 3 is 2.82 bits per heavy atom. The Morgan fingerprint density at radius 2 is 2.04 bits per heavy atom. The molecule has 0 radical (unpaired) electrons. The van der Waals surface area contributed by atoms with Crippen molar-refractivity contribution in [2.45, 2.75) is 19.3 Å². The molecule has 0 saturated carbocycles. The molecule has 28 heavy (non-hydrogen) atoms. The van der Waals surface area contributed by atoms with Crippen molar-refractivity contribution in [3.05, 3.63) is 60.3 Å². The van der Waals surface area contributed by atoms with Gasteiger partial charge in [-0.15, -0.1) is 0 Å². The van der Waals surface area contributed by atoms with Crippen molar-refractivity contribution < 1.29 is 14.6 Å². The van der Waals surface area contributed by atoms with Crippen LogP contribution in [0.2, 0.25) is 0 Å². The molecule has 6 nitrogen and oxygen atoms in total. The molecule has 2 heterocycles. The molecule has 1 atom stereocenters. The Hall–Kier alpha value is -3.15. The first kappa shape index (κ1) is 18.2. The van der Waals surface area contributed by atoms with Crippen LogP contribution in [0.3, 0.4) is 0 Å². The summed E-state index contributed by atoms with van der Waals surface area (Å²) in [6, 6.07) is 15.4.